The minimum atomic E-state index is -0.419. The maximum Gasteiger partial charge on any atom is 0.317 e. The minimum Gasteiger partial charge on any atom is -0.504 e. The number of methoxy groups -OCH3 is 1. The Bertz CT molecular complexity index is 1120. The molecule has 2 saturated carbocycles. The fourth-order valence-corrected chi connectivity index (χ4v) is 9.00. The summed E-state index contributed by atoms with van der Waals surface area (Å²) in [7, 11) is 1.50. The van der Waals surface area contributed by atoms with Crippen molar-refractivity contribution >= 4 is 35.0 Å². The van der Waals surface area contributed by atoms with Gasteiger partial charge in [-0.15, -0.1) is 11.8 Å². The fraction of sp³-hybridized carbons (Fsp3) is 0.450. The van der Waals surface area contributed by atoms with Crippen molar-refractivity contribution < 1.29 is 24.2 Å². The van der Waals surface area contributed by atoms with Gasteiger partial charge in [0, 0.05) is 21.6 Å². The normalized spacial score (nSPS) is 36.5. The van der Waals surface area contributed by atoms with Gasteiger partial charge in [-0.05, 0) is 30.2 Å². The number of esters is 2. The van der Waals surface area contributed by atoms with E-state index < -0.39 is 17.9 Å². The molecule has 0 radical (unpaired) electrons. The molecule has 7 atom stereocenters. The van der Waals surface area contributed by atoms with E-state index in [9.17, 15) is 19.5 Å². The van der Waals surface area contributed by atoms with E-state index in [2.05, 4.69) is 4.98 Å². The third-order valence-corrected chi connectivity index (χ3v) is 9.63. The summed E-state index contributed by atoms with van der Waals surface area (Å²) in [6.45, 7) is 0. The molecular formula is C20H17NO6S2. The number of phenols is 1. The summed E-state index contributed by atoms with van der Waals surface area (Å²) in [5.41, 5.74) is 0.693. The van der Waals surface area contributed by atoms with Gasteiger partial charge in [0.15, 0.2) is 11.5 Å². The van der Waals surface area contributed by atoms with Gasteiger partial charge >= 0.3 is 16.8 Å². The third kappa shape index (κ3) is 2.17. The van der Waals surface area contributed by atoms with Crippen molar-refractivity contribution in [2.45, 2.75) is 22.6 Å². The van der Waals surface area contributed by atoms with Crippen LogP contribution in [0, 0.1) is 29.6 Å². The van der Waals surface area contributed by atoms with E-state index in [1.807, 2.05) is 12.1 Å². The summed E-state index contributed by atoms with van der Waals surface area (Å²) >= 11 is 2.75. The zero-order valence-corrected chi connectivity index (χ0v) is 16.9. The van der Waals surface area contributed by atoms with Gasteiger partial charge in [0.1, 0.15) is 0 Å². The third-order valence-electron chi connectivity index (χ3n) is 7.04. The number of aromatic nitrogens is 1. The number of para-hydroxylation sites is 1. The van der Waals surface area contributed by atoms with E-state index in [-0.39, 0.29) is 45.5 Å². The number of carbonyl (C=O) groups is 2. The zero-order chi connectivity index (χ0) is 20.0. The Labute approximate surface area is 173 Å². The molecule has 2 aliphatic carbocycles. The molecule has 3 fully saturated rings. The number of nitrogens with one attached hydrogen (secondary N) is 1. The van der Waals surface area contributed by atoms with Gasteiger partial charge in [-0.3, -0.25) is 14.4 Å². The lowest BCUT2D eigenvalue weighted by Crippen LogP contribution is -2.42. The molecule has 150 valence electrons. The van der Waals surface area contributed by atoms with Crippen molar-refractivity contribution in [3.05, 3.63) is 38.3 Å². The van der Waals surface area contributed by atoms with Crippen molar-refractivity contribution in [3.8, 4) is 11.5 Å². The number of benzene rings is 1. The first kappa shape index (κ1) is 17.6. The van der Waals surface area contributed by atoms with Gasteiger partial charge in [-0.25, -0.2) is 0 Å². The largest absolute Gasteiger partial charge is 0.504 e. The van der Waals surface area contributed by atoms with Crippen molar-refractivity contribution in [3.63, 3.8) is 0 Å². The lowest BCUT2D eigenvalue weighted by atomic mass is 9.68. The number of hydrogen-bond acceptors (Lipinski definition) is 8. The van der Waals surface area contributed by atoms with Crippen LogP contribution in [0.2, 0.25) is 0 Å². The highest BCUT2D eigenvalue weighted by Crippen LogP contribution is 2.68. The smallest absolute Gasteiger partial charge is 0.317 e. The van der Waals surface area contributed by atoms with Crippen molar-refractivity contribution in [2.75, 3.05) is 7.11 Å². The van der Waals surface area contributed by atoms with E-state index in [1.165, 1.54) is 7.11 Å². The lowest BCUT2D eigenvalue weighted by molar-refractivity contribution is -0.154. The van der Waals surface area contributed by atoms with Crippen LogP contribution in [0.1, 0.15) is 22.8 Å². The average Bonchev–Trinajstić information content (AvgIpc) is 3.41. The predicted molar refractivity (Wildman–Crippen MR) is 104 cm³/mol. The Morgan fingerprint density at radius 3 is 2.69 bits per heavy atom. The summed E-state index contributed by atoms with van der Waals surface area (Å²) < 4.78 is 10.3. The van der Waals surface area contributed by atoms with Crippen LogP contribution in [0.15, 0.2) is 28.0 Å². The van der Waals surface area contributed by atoms with Gasteiger partial charge in [-0.2, -0.15) is 0 Å². The maximum atomic E-state index is 12.4. The topological polar surface area (TPSA) is 106 Å². The Kier molecular flexibility index (Phi) is 3.57. The number of thioether (sulfide) groups is 1. The molecule has 1 saturated heterocycles. The predicted octanol–water partition coefficient (Wildman–Crippen LogP) is 2.34. The molecule has 9 heteroatoms. The van der Waals surface area contributed by atoms with Crippen molar-refractivity contribution in [1.82, 2.24) is 4.98 Å². The van der Waals surface area contributed by atoms with Crippen LogP contribution < -0.4 is 9.61 Å². The van der Waals surface area contributed by atoms with Crippen molar-refractivity contribution in [1.29, 1.82) is 0 Å². The second kappa shape index (κ2) is 5.89. The van der Waals surface area contributed by atoms with E-state index in [1.54, 1.807) is 17.8 Å². The number of H-pyrrole nitrogens is 1. The van der Waals surface area contributed by atoms with Crippen molar-refractivity contribution in [2.24, 2.45) is 29.6 Å². The van der Waals surface area contributed by atoms with E-state index >= 15 is 0 Å². The number of phenolic OH excluding ortho intramolecular Hbond substituents is 1. The minimum absolute atomic E-state index is 0.0117. The van der Waals surface area contributed by atoms with Crippen LogP contribution in [0.3, 0.4) is 0 Å². The first-order valence-electron chi connectivity index (χ1n) is 9.50. The van der Waals surface area contributed by atoms with E-state index in [4.69, 9.17) is 9.47 Å². The average molecular weight is 431 g/mol. The fourth-order valence-electron chi connectivity index (χ4n) is 6.12. The number of aromatic hydroxyl groups is 1. The monoisotopic (exact) mass is 431 g/mol. The molecule has 29 heavy (non-hydrogen) atoms. The highest BCUT2D eigenvalue weighted by Gasteiger charge is 2.69. The van der Waals surface area contributed by atoms with E-state index in [0.29, 0.717) is 11.3 Å². The summed E-state index contributed by atoms with van der Waals surface area (Å²) in [5, 5.41) is 11.8. The van der Waals surface area contributed by atoms with Gasteiger partial charge in [0.05, 0.1) is 24.0 Å². The zero-order valence-electron chi connectivity index (χ0n) is 15.3. The van der Waals surface area contributed by atoms with E-state index in [0.717, 1.165) is 27.7 Å². The molecule has 2 aromatic rings. The first-order valence-corrected chi connectivity index (χ1v) is 11.2. The van der Waals surface area contributed by atoms with Crippen LogP contribution in [-0.4, -0.2) is 34.4 Å². The highest BCUT2D eigenvalue weighted by molar-refractivity contribution is 8.00. The highest BCUT2D eigenvalue weighted by atomic mass is 32.2. The van der Waals surface area contributed by atoms with Crippen LogP contribution in [0.4, 0.5) is 0 Å². The Balaban J connectivity index is 1.54. The summed E-state index contributed by atoms with van der Waals surface area (Å²) in [6.07, 6.45) is 0.791. The number of ether oxygens (including phenoxy) is 2. The van der Waals surface area contributed by atoms with Gasteiger partial charge in [0.25, 0.3) is 0 Å². The lowest BCUT2D eigenvalue weighted by Gasteiger charge is -2.42. The molecule has 2 N–H and O–H groups in total. The molecule has 7 nitrogen and oxygen atoms in total. The molecule has 0 amide bonds. The molecule has 2 bridgehead atoms. The second-order valence-corrected chi connectivity index (χ2v) is 10.3. The number of rotatable bonds is 2. The Morgan fingerprint density at radius 2 is 1.93 bits per heavy atom. The van der Waals surface area contributed by atoms with Gasteiger partial charge in [0.2, 0.25) is 0 Å². The molecule has 1 aromatic heterocycles. The Hall–Kier alpha value is -2.26. The van der Waals surface area contributed by atoms with Gasteiger partial charge < -0.3 is 19.6 Å². The summed E-state index contributed by atoms with van der Waals surface area (Å²) in [4.78, 5) is 40.6. The molecular weight excluding hydrogens is 414 g/mol. The number of hydrogen-bond donors (Lipinski definition) is 2. The Morgan fingerprint density at radius 1 is 1.17 bits per heavy atom. The second-order valence-electron chi connectivity index (χ2n) is 8.10. The summed E-state index contributed by atoms with van der Waals surface area (Å²) in [5.74, 6) is -1.38. The number of thiazole rings is 1. The van der Waals surface area contributed by atoms with Crippen LogP contribution in [0.25, 0.3) is 0 Å². The molecule has 3 heterocycles. The maximum absolute atomic E-state index is 12.4. The molecule has 4 aliphatic rings. The number of aromatic amines is 1. The standard InChI is InChI=1S/C20H17NO6S2/c1-26-9-4-2-3-6(14(9)22)10-11-7-5-8(13-12(7)18(23)27-19(13)24)15(11)28-17-16(10)29-20(25)21-17/h2-4,7-8,10-13,15,22H,5H2,1H3,(H,21,25)/t7-,8+,10-,11+,12+,13+,15-/m0/s1. The van der Waals surface area contributed by atoms with Crippen LogP contribution in [0.5, 0.6) is 11.5 Å². The molecule has 0 unspecified atom stereocenters. The van der Waals surface area contributed by atoms with Crippen LogP contribution >= 0.6 is 23.1 Å². The quantitative estimate of drug-likeness (QED) is 0.555. The first-order chi connectivity index (χ1) is 14.0. The number of cyclic esters (lactones) is 2. The van der Waals surface area contributed by atoms with Crippen LogP contribution in [-0.2, 0) is 14.3 Å². The molecule has 0 spiro atoms. The van der Waals surface area contributed by atoms with Gasteiger partial charge in [-0.1, -0.05) is 23.5 Å². The molecule has 2 aliphatic heterocycles. The molecule has 1 aromatic carbocycles. The summed E-state index contributed by atoms with van der Waals surface area (Å²) in [6, 6.07) is 5.37. The number of carbonyl (C=O) groups excluding carboxylic acids is 2. The SMILES string of the molecule is COc1cccc([C@@H]2c3sc(=O)[nH]c3S[C@H]3[C@@H]4C[C@H]([C@H]5C(=O)OC(=O)[C@H]45)[C@H]23)c1O. The number of fused-ring (bicyclic) bond motifs is 9. The molecule has 6 rings (SSSR count).